The fraction of sp³-hybridized carbons (Fsp3) is 0. The molecule has 1 heterocycles. The second-order valence-corrected chi connectivity index (χ2v) is 2.85. The van der Waals surface area contributed by atoms with Crippen molar-refractivity contribution in [1.29, 1.82) is 0 Å². The molecule has 0 aliphatic rings. The van der Waals surface area contributed by atoms with Gasteiger partial charge in [0.1, 0.15) is 0 Å². The molecule has 0 saturated heterocycles. The van der Waals surface area contributed by atoms with Crippen LogP contribution < -0.4 is 0 Å². The summed E-state index contributed by atoms with van der Waals surface area (Å²) in [6.07, 6.45) is 1.43. The Hall–Kier alpha value is -0.550. The van der Waals surface area contributed by atoms with Crippen LogP contribution in [0.2, 0.25) is 0 Å². The molecule has 70 valence electrons. The van der Waals surface area contributed by atoms with Crippen LogP contribution in [0.1, 0.15) is 0 Å². The van der Waals surface area contributed by atoms with E-state index in [2.05, 4.69) is 27.8 Å². The van der Waals surface area contributed by atoms with Gasteiger partial charge < -0.3 is 4.98 Å². The molecule has 2 aromatic rings. The van der Waals surface area contributed by atoms with Gasteiger partial charge in [-0.15, -0.1) is 23.8 Å². The molecule has 2 rings (SSSR count). The van der Waals surface area contributed by atoms with Crippen molar-refractivity contribution in [3.8, 4) is 11.4 Å². The van der Waals surface area contributed by atoms with Crippen LogP contribution in [0.4, 0.5) is 0 Å². The largest absolute Gasteiger partial charge is 1.00 e. The molecular weight excluding hydrogens is 278 g/mol. The molecule has 0 fully saturated rings. The van der Waals surface area contributed by atoms with Crippen LogP contribution in [0.15, 0.2) is 35.5 Å². The quantitative estimate of drug-likeness (QED) is 0.490. The third-order valence-electron chi connectivity index (χ3n) is 1.49. The standard InChI is InChI=1S/C8H6N3S.Ag/c12-7-3-1-2-6(4-7)8-9-5-10-11-8;/h1-5,12H;/q-1;+1. The van der Waals surface area contributed by atoms with E-state index >= 15 is 0 Å². The fourth-order valence-corrected chi connectivity index (χ4v) is 1.19. The molecule has 0 N–H and O–H groups in total. The molecule has 0 unspecified atom stereocenters. The average molecular weight is 284 g/mol. The first-order valence-corrected chi connectivity index (χ1v) is 3.91. The first kappa shape index (κ1) is 10.5. The molecule has 0 radical (unpaired) electrons. The second kappa shape index (κ2) is 4.62. The van der Waals surface area contributed by atoms with Gasteiger partial charge in [0, 0.05) is 0 Å². The summed E-state index contributed by atoms with van der Waals surface area (Å²) in [5.41, 5.74) is 0.944. The van der Waals surface area contributed by atoms with E-state index in [9.17, 15) is 0 Å². The molecule has 0 amide bonds. The van der Waals surface area contributed by atoms with Gasteiger partial charge in [0.25, 0.3) is 0 Å². The van der Waals surface area contributed by atoms with Crippen molar-refractivity contribution in [1.82, 2.24) is 15.2 Å². The minimum atomic E-state index is 0. The van der Waals surface area contributed by atoms with Crippen LogP contribution in [0.25, 0.3) is 11.4 Å². The molecule has 0 saturated carbocycles. The molecule has 1 aromatic carbocycles. The maximum Gasteiger partial charge on any atom is 1.00 e. The van der Waals surface area contributed by atoms with E-state index in [4.69, 9.17) is 0 Å². The van der Waals surface area contributed by atoms with Crippen molar-refractivity contribution in [3.05, 3.63) is 30.6 Å². The molecule has 0 spiro atoms. The van der Waals surface area contributed by atoms with Crippen LogP contribution in [0, 0.1) is 0 Å². The van der Waals surface area contributed by atoms with Gasteiger partial charge >= 0.3 is 22.4 Å². The third kappa shape index (κ3) is 2.45. The van der Waals surface area contributed by atoms with Gasteiger partial charge in [0.05, 0.1) is 12.2 Å². The number of hydrogen-bond donors (Lipinski definition) is 1. The number of hydrogen-bond acceptors (Lipinski definition) is 4. The van der Waals surface area contributed by atoms with Crippen LogP contribution >= 0.6 is 12.6 Å². The molecular formula is C8H6AgN3S. The van der Waals surface area contributed by atoms with Gasteiger partial charge in [-0.05, 0) is 4.90 Å². The molecule has 0 bridgehead atoms. The molecule has 1 aromatic heterocycles. The third-order valence-corrected chi connectivity index (χ3v) is 1.77. The van der Waals surface area contributed by atoms with E-state index in [1.165, 1.54) is 6.33 Å². The van der Waals surface area contributed by atoms with Gasteiger partial charge in [0.15, 0.2) is 0 Å². The molecule has 0 aliphatic carbocycles. The van der Waals surface area contributed by atoms with Gasteiger partial charge in [-0.1, -0.05) is 6.07 Å². The van der Waals surface area contributed by atoms with E-state index in [1.54, 1.807) is 0 Å². The zero-order chi connectivity index (χ0) is 8.39. The number of aromatic nitrogens is 3. The zero-order valence-corrected chi connectivity index (χ0v) is 8.85. The van der Waals surface area contributed by atoms with E-state index in [-0.39, 0.29) is 22.4 Å². The van der Waals surface area contributed by atoms with Crippen molar-refractivity contribution in [2.75, 3.05) is 0 Å². The summed E-state index contributed by atoms with van der Waals surface area (Å²) in [7, 11) is 0. The van der Waals surface area contributed by atoms with Crippen LogP contribution in [0.5, 0.6) is 0 Å². The zero-order valence-electron chi connectivity index (χ0n) is 6.48. The predicted octanol–water partition coefficient (Wildman–Crippen LogP) is 1.54. The summed E-state index contributed by atoms with van der Waals surface area (Å²) >= 11 is 4.21. The Morgan fingerprint density at radius 3 is 2.77 bits per heavy atom. The van der Waals surface area contributed by atoms with E-state index in [1.807, 2.05) is 24.3 Å². The Balaban J connectivity index is 0.000000845. The molecule has 5 heteroatoms. The topological polar surface area (TPSA) is 38.7 Å². The van der Waals surface area contributed by atoms with Gasteiger partial charge in [-0.3, -0.25) is 0 Å². The summed E-state index contributed by atoms with van der Waals surface area (Å²) in [6, 6.07) is 7.65. The summed E-state index contributed by atoms with van der Waals surface area (Å²) < 4.78 is 0. The Morgan fingerprint density at radius 2 is 2.15 bits per heavy atom. The van der Waals surface area contributed by atoms with Crippen molar-refractivity contribution >= 4 is 12.6 Å². The summed E-state index contributed by atoms with van der Waals surface area (Å²) in [6.45, 7) is 0. The molecule has 0 atom stereocenters. The van der Waals surface area contributed by atoms with Gasteiger partial charge in [0.2, 0.25) is 0 Å². The summed E-state index contributed by atoms with van der Waals surface area (Å²) in [5.74, 6) is 0.644. The normalized spacial score (nSPS) is 9.31. The molecule has 0 aliphatic heterocycles. The van der Waals surface area contributed by atoms with E-state index in [0.717, 1.165) is 10.5 Å². The summed E-state index contributed by atoms with van der Waals surface area (Å²) in [4.78, 5) is 4.87. The predicted molar refractivity (Wildman–Crippen MR) is 48.1 cm³/mol. The number of nitrogens with zero attached hydrogens (tertiary/aromatic N) is 3. The second-order valence-electron chi connectivity index (χ2n) is 2.33. The Labute approximate surface area is 96.9 Å². The van der Waals surface area contributed by atoms with Crippen molar-refractivity contribution in [3.63, 3.8) is 0 Å². The number of thiol groups is 1. The maximum absolute atomic E-state index is 4.21. The molecule has 13 heavy (non-hydrogen) atoms. The minimum absolute atomic E-state index is 0. The summed E-state index contributed by atoms with van der Waals surface area (Å²) in [5, 5.41) is 7.47. The maximum atomic E-state index is 4.21. The Bertz CT molecular complexity index is 375. The monoisotopic (exact) mass is 283 g/mol. The van der Waals surface area contributed by atoms with Crippen molar-refractivity contribution in [2.24, 2.45) is 0 Å². The van der Waals surface area contributed by atoms with Crippen molar-refractivity contribution < 1.29 is 22.4 Å². The van der Waals surface area contributed by atoms with Gasteiger partial charge in [-0.25, -0.2) is 0 Å². The van der Waals surface area contributed by atoms with Crippen molar-refractivity contribution in [2.45, 2.75) is 4.90 Å². The first-order valence-electron chi connectivity index (χ1n) is 3.46. The van der Waals surface area contributed by atoms with Crippen LogP contribution in [0.3, 0.4) is 0 Å². The van der Waals surface area contributed by atoms with Crippen LogP contribution in [-0.2, 0) is 22.4 Å². The Kier molecular flexibility index (Phi) is 3.74. The number of rotatable bonds is 1. The number of benzene rings is 1. The Morgan fingerprint density at radius 1 is 1.31 bits per heavy atom. The minimum Gasteiger partial charge on any atom is -0.311 e. The van der Waals surface area contributed by atoms with E-state index in [0.29, 0.717) is 5.82 Å². The smallest absolute Gasteiger partial charge is 0.311 e. The fourth-order valence-electron chi connectivity index (χ4n) is 0.964. The van der Waals surface area contributed by atoms with Crippen LogP contribution in [-0.4, -0.2) is 15.2 Å². The first-order chi connectivity index (χ1) is 5.86. The SMILES string of the molecule is Sc1cccc(-[c-]2ncnn2)c1.[Ag+]. The van der Waals surface area contributed by atoms with E-state index < -0.39 is 0 Å². The molecule has 3 nitrogen and oxygen atoms in total. The van der Waals surface area contributed by atoms with Gasteiger partial charge in [-0.2, -0.15) is 22.8 Å². The average Bonchev–Trinajstić information content (AvgIpc) is 2.56.